The number of halogens is 1. The average molecular weight is 308 g/mol. The van der Waals surface area contributed by atoms with E-state index >= 15 is 0 Å². The van der Waals surface area contributed by atoms with Gasteiger partial charge in [0.1, 0.15) is 18.2 Å². The first-order chi connectivity index (χ1) is 10.4. The van der Waals surface area contributed by atoms with E-state index in [0.717, 1.165) is 0 Å². The monoisotopic (exact) mass is 308 g/mol. The van der Waals surface area contributed by atoms with Crippen LogP contribution >= 0.6 is 0 Å². The number of nitrogens with zero attached hydrogens (tertiary/aromatic N) is 1. The van der Waals surface area contributed by atoms with E-state index in [4.69, 9.17) is 10.5 Å². The highest BCUT2D eigenvalue weighted by molar-refractivity contribution is 5.94. The van der Waals surface area contributed by atoms with Gasteiger partial charge in [-0.25, -0.2) is 4.39 Å². The lowest BCUT2D eigenvalue weighted by atomic mass is 10.1. The molecule has 1 amide bonds. The van der Waals surface area contributed by atoms with Crippen molar-refractivity contribution in [2.75, 3.05) is 13.2 Å². The Labute approximate surface area is 131 Å². The lowest BCUT2D eigenvalue weighted by Gasteiger charge is -2.30. The van der Waals surface area contributed by atoms with Gasteiger partial charge in [-0.2, -0.15) is 0 Å². The maximum absolute atomic E-state index is 13.2. The van der Waals surface area contributed by atoms with Crippen LogP contribution in [-0.2, 0) is 0 Å². The molecule has 0 atom stereocenters. The third-order valence-electron chi connectivity index (χ3n) is 3.16. The first kappa shape index (κ1) is 18.2. The van der Waals surface area contributed by atoms with Gasteiger partial charge in [-0.1, -0.05) is 0 Å². The van der Waals surface area contributed by atoms with Crippen molar-refractivity contribution >= 4 is 5.91 Å². The molecule has 0 fully saturated rings. The van der Waals surface area contributed by atoms with E-state index in [1.807, 2.05) is 32.6 Å². The van der Waals surface area contributed by atoms with Crippen molar-refractivity contribution in [1.29, 1.82) is 0 Å². The van der Waals surface area contributed by atoms with Crippen molar-refractivity contribution in [3.8, 4) is 5.75 Å². The third-order valence-corrected chi connectivity index (χ3v) is 3.16. The fourth-order valence-corrected chi connectivity index (χ4v) is 2.25. The van der Waals surface area contributed by atoms with Crippen molar-refractivity contribution in [1.82, 2.24) is 4.90 Å². The molecule has 1 aromatic rings. The Kier molecular flexibility index (Phi) is 7.05. The van der Waals surface area contributed by atoms with E-state index in [2.05, 4.69) is 0 Å². The van der Waals surface area contributed by atoms with Crippen LogP contribution in [0.3, 0.4) is 0 Å². The van der Waals surface area contributed by atoms with Crippen molar-refractivity contribution in [3.63, 3.8) is 0 Å². The molecule has 122 valence electrons. The lowest BCUT2D eigenvalue weighted by molar-refractivity contribution is 0.0643. The van der Waals surface area contributed by atoms with Gasteiger partial charge in [-0.05, 0) is 58.0 Å². The number of ether oxygens (including phenoxy) is 1. The molecule has 0 aliphatic rings. The normalized spacial score (nSPS) is 11.9. The number of nitrogens with two attached hydrogens (primary N) is 1. The molecule has 0 spiro atoms. The van der Waals surface area contributed by atoms with E-state index in [-0.39, 0.29) is 31.1 Å². The van der Waals surface area contributed by atoms with Crippen molar-refractivity contribution in [2.24, 2.45) is 5.73 Å². The SMILES string of the molecule is CC(C)N(C(=O)c1ccc(OCC(F)=CCN)cc1)C(C)C. The van der Waals surface area contributed by atoms with Gasteiger partial charge >= 0.3 is 0 Å². The summed E-state index contributed by atoms with van der Waals surface area (Å²) in [6.45, 7) is 7.94. The van der Waals surface area contributed by atoms with Gasteiger partial charge in [-0.3, -0.25) is 4.79 Å². The maximum atomic E-state index is 13.2. The molecular formula is C17H25FN2O2. The van der Waals surface area contributed by atoms with E-state index in [1.54, 1.807) is 24.3 Å². The van der Waals surface area contributed by atoms with Crippen LogP contribution in [-0.4, -0.2) is 36.0 Å². The van der Waals surface area contributed by atoms with Gasteiger partial charge in [0.25, 0.3) is 5.91 Å². The van der Waals surface area contributed by atoms with Gasteiger partial charge in [0, 0.05) is 24.2 Å². The second kappa shape index (κ2) is 8.54. The van der Waals surface area contributed by atoms with Crippen LogP contribution in [0.1, 0.15) is 38.1 Å². The fourth-order valence-electron chi connectivity index (χ4n) is 2.25. The van der Waals surface area contributed by atoms with E-state index in [1.165, 1.54) is 6.08 Å². The Morgan fingerprint density at radius 3 is 2.23 bits per heavy atom. The van der Waals surface area contributed by atoms with Crippen LogP contribution in [0.4, 0.5) is 4.39 Å². The number of hydrogen-bond acceptors (Lipinski definition) is 3. The van der Waals surface area contributed by atoms with Crippen molar-refractivity contribution < 1.29 is 13.9 Å². The van der Waals surface area contributed by atoms with Crippen LogP contribution in [0.25, 0.3) is 0 Å². The van der Waals surface area contributed by atoms with Gasteiger partial charge in [0.15, 0.2) is 0 Å². The second-order valence-electron chi connectivity index (χ2n) is 5.60. The number of carbonyl (C=O) groups excluding carboxylic acids is 1. The molecule has 0 aliphatic heterocycles. The summed E-state index contributed by atoms with van der Waals surface area (Å²) >= 11 is 0. The highest BCUT2D eigenvalue weighted by atomic mass is 19.1. The zero-order chi connectivity index (χ0) is 16.7. The summed E-state index contributed by atoms with van der Waals surface area (Å²) in [4.78, 5) is 14.3. The van der Waals surface area contributed by atoms with Gasteiger partial charge in [-0.15, -0.1) is 0 Å². The number of benzene rings is 1. The first-order valence-electron chi connectivity index (χ1n) is 7.47. The summed E-state index contributed by atoms with van der Waals surface area (Å²) in [6.07, 6.45) is 1.26. The molecule has 0 aromatic heterocycles. The minimum atomic E-state index is -0.409. The molecule has 1 aromatic carbocycles. The van der Waals surface area contributed by atoms with Crippen LogP contribution in [0, 0.1) is 0 Å². The van der Waals surface area contributed by atoms with Gasteiger partial charge in [0.05, 0.1) is 0 Å². The Balaban J connectivity index is 2.75. The molecule has 4 nitrogen and oxygen atoms in total. The summed E-state index contributed by atoms with van der Waals surface area (Å²) in [7, 11) is 0. The molecule has 0 aliphatic carbocycles. The minimum Gasteiger partial charge on any atom is -0.487 e. The van der Waals surface area contributed by atoms with E-state index in [9.17, 15) is 9.18 Å². The number of carbonyl (C=O) groups is 1. The molecule has 0 radical (unpaired) electrons. The fraction of sp³-hybridized carbons (Fsp3) is 0.471. The quantitative estimate of drug-likeness (QED) is 0.842. The molecular weight excluding hydrogens is 283 g/mol. The Morgan fingerprint density at radius 1 is 1.23 bits per heavy atom. The average Bonchev–Trinajstić information content (AvgIpc) is 2.45. The maximum Gasteiger partial charge on any atom is 0.254 e. The summed E-state index contributed by atoms with van der Waals surface area (Å²) in [5.41, 5.74) is 5.80. The van der Waals surface area contributed by atoms with Crippen LogP contribution in [0.2, 0.25) is 0 Å². The highest BCUT2D eigenvalue weighted by Gasteiger charge is 2.21. The molecule has 2 N–H and O–H groups in total. The Bertz CT molecular complexity index is 502. The van der Waals surface area contributed by atoms with E-state index in [0.29, 0.717) is 11.3 Å². The van der Waals surface area contributed by atoms with Gasteiger partial charge in [0.2, 0.25) is 0 Å². The molecule has 0 unspecified atom stereocenters. The van der Waals surface area contributed by atoms with Gasteiger partial charge < -0.3 is 15.4 Å². The zero-order valence-corrected chi connectivity index (χ0v) is 13.7. The molecule has 0 bridgehead atoms. The topological polar surface area (TPSA) is 55.6 Å². The Hall–Kier alpha value is -1.88. The molecule has 0 saturated heterocycles. The third kappa shape index (κ3) is 5.15. The summed E-state index contributed by atoms with van der Waals surface area (Å²) < 4.78 is 18.5. The van der Waals surface area contributed by atoms with Crippen molar-refractivity contribution in [3.05, 3.63) is 41.7 Å². The summed E-state index contributed by atoms with van der Waals surface area (Å²) in [5.74, 6) is 0.0805. The number of amides is 1. The first-order valence-corrected chi connectivity index (χ1v) is 7.47. The molecule has 22 heavy (non-hydrogen) atoms. The summed E-state index contributed by atoms with van der Waals surface area (Å²) in [5, 5.41) is 0. The van der Waals surface area contributed by atoms with Crippen LogP contribution < -0.4 is 10.5 Å². The second-order valence-corrected chi connectivity index (χ2v) is 5.60. The lowest BCUT2D eigenvalue weighted by Crippen LogP contribution is -2.42. The smallest absolute Gasteiger partial charge is 0.254 e. The van der Waals surface area contributed by atoms with E-state index < -0.39 is 5.83 Å². The molecule has 0 heterocycles. The van der Waals surface area contributed by atoms with Crippen molar-refractivity contribution in [2.45, 2.75) is 39.8 Å². The highest BCUT2D eigenvalue weighted by Crippen LogP contribution is 2.17. The molecule has 0 saturated carbocycles. The predicted octanol–water partition coefficient (Wildman–Crippen LogP) is 3.14. The largest absolute Gasteiger partial charge is 0.487 e. The minimum absolute atomic E-state index is 0.0224. The number of hydrogen-bond donors (Lipinski definition) is 1. The van der Waals surface area contributed by atoms with Crippen LogP contribution in [0.15, 0.2) is 36.2 Å². The molecule has 1 rings (SSSR count). The standard InChI is InChI=1S/C17H25FN2O2/c1-12(2)20(13(3)4)17(21)14-5-7-16(8-6-14)22-11-15(18)9-10-19/h5-9,12-13H,10-11,19H2,1-4H3. The predicted molar refractivity (Wildman–Crippen MR) is 86.6 cm³/mol. The summed E-state index contributed by atoms with van der Waals surface area (Å²) in [6, 6.07) is 6.97. The molecule has 5 heteroatoms. The zero-order valence-electron chi connectivity index (χ0n) is 13.7. The number of rotatable bonds is 7. The Morgan fingerprint density at radius 2 is 1.77 bits per heavy atom. The van der Waals surface area contributed by atoms with Crippen LogP contribution in [0.5, 0.6) is 5.75 Å².